The van der Waals surface area contributed by atoms with Gasteiger partial charge in [-0.25, -0.2) is 12.7 Å². The number of sulfonamides is 1. The van der Waals surface area contributed by atoms with Crippen LogP contribution in [0.25, 0.3) is 0 Å². The highest BCUT2D eigenvalue weighted by Crippen LogP contribution is 2.24. The van der Waals surface area contributed by atoms with Gasteiger partial charge in [0.25, 0.3) is 0 Å². The number of nitrogens with zero attached hydrogens (tertiary/aromatic N) is 1. The molecule has 0 amide bonds. The molecule has 0 saturated heterocycles. The molecule has 0 aliphatic carbocycles. The van der Waals surface area contributed by atoms with Gasteiger partial charge in [0, 0.05) is 26.2 Å². The number of hydrogen-bond acceptors (Lipinski definition) is 5. The number of rotatable bonds is 5. The fourth-order valence-electron chi connectivity index (χ4n) is 1.66. The average Bonchev–Trinajstić information content (AvgIpc) is 2.90. The first kappa shape index (κ1) is 14.4. The molecule has 0 aliphatic heterocycles. The van der Waals surface area contributed by atoms with E-state index in [1.165, 1.54) is 26.2 Å². The minimum atomic E-state index is -3.46. The fraction of sp³-hybridized carbons (Fsp3) is 0.231. The van der Waals surface area contributed by atoms with Crippen LogP contribution in [0.4, 0.5) is 11.4 Å². The van der Waals surface area contributed by atoms with Crippen molar-refractivity contribution in [3.05, 3.63) is 42.4 Å². The normalized spacial score (nSPS) is 11.8. The monoisotopic (exact) mass is 295 g/mol. The second-order valence-electron chi connectivity index (χ2n) is 4.52. The zero-order valence-corrected chi connectivity index (χ0v) is 12.1. The Hall–Kier alpha value is -1.99. The lowest BCUT2D eigenvalue weighted by atomic mass is 10.2. The molecule has 1 aromatic carbocycles. The summed E-state index contributed by atoms with van der Waals surface area (Å²) in [6.45, 7) is 0.556. The summed E-state index contributed by atoms with van der Waals surface area (Å²) in [5.41, 5.74) is 7.94. The molecule has 0 fully saturated rings. The molecule has 0 bridgehead atoms. The number of nitrogen functional groups attached to an aromatic ring is 1. The number of nitrogens with one attached hydrogen (secondary N) is 1. The van der Waals surface area contributed by atoms with Gasteiger partial charge in [-0.2, -0.15) is 0 Å². The summed E-state index contributed by atoms with van der Waals surface area (Å²) >= 11 is 0. The number of anilines is 2. The predicted molar refractivity (Wildman–Crippen MR) is 77.8 cm³/mol. The van der Waals surface area contributed by atoms with Crippen LogP contribution in [0.2, 0.25) is 0 Å². The maximum absolute atomic E-state index is 12.0. The molecule has 0 saturated carbocycles. The van der Waals surface area contributed by atoms with Crippen LogP contribution < -0.4 is 11.1 Å². The largest absolute Gasteiger partial charge is 0.472 e. The maximum atomic E-state index is 12.0. The Labute approximate surface area is 118 Å². The van der Waals surface area contributed by atoms with Crippen molar-refractivity contribution in [3.8, 4) is 0 Å². The molecule has 0 atom stereocenters. The second-order valence-corrected chi connectivity index (χ2v) is 6.67. The highest BCUT2D eigenvalue weighted by atomic mass is 32.2. The van der Waals surface area contributed by atoms with Crippen LogP contribution in [-0.2, 0) is 16.6 Å². The standard InChI is InChI=1S/C13H17N3O3S/c1-16(2)20(17,18)11-3-4-13(12(14)7-11)15-8-10-5-6-19-9-10/h3-7,9,15H,8,14H2,1-2H3. The third-order valence-electron chi connectivity index (χ3n) is 2.86. The van der Waals surface area contributed by atoms with E-state index >= 15 is 0 Å². The summed E-state index contributed by atoms with van der Waals surface area (Å²) in [6, 6.07) is 6.48. The topological polar surface area (TPSA) is 88.6 Å². The van der Waals surface area contributed by atoms with Crippen molar-refractivity contribution in [1.82, 2.24) is 4.31 Å². The molecule has 2 rings (SSSR count). The van der Waals surface area contributed by atoms with Crippen LogP contribution >= 0.6 is 0 Å². The molecule has 0 radical (unpaired) electrons. The lowest BCUT2D eigenvalue weighted by molar-refractivity contribution is 0.521. The molecule has 7 heteroatoms. The van der Waals surface area contributed by atoms with Gasteiger partial charge in [0.15, 0.2) is 0 Å². The zero-order valence-electron chi connectivity index (χ0n) is 11.3. The van der Waals surface area contributed by atoms with Crippen molar-refractivity contribution < 1.29 is 12.8 Å². The van der Waals surface area contributed by atoms with E-state index in [0.717, 1.165) is 9.87 Å². The van der Waals surface area contributed by atoms with Gasteiger partial charge in [-0.05, 0) is 24.3 Å². The van der Waals surface area contributed by atoms with Crippen LogP contribution in [0.3, 0.4) is 0 Å². The number of benzene rings is 1. The van der Waals surface area contributed by atoms with Gasteiger partial charge in [-0.15, -0.1) is 0 Å². The highest BCUT2D eigenvalue weighted by Gasteiger charge is 2.17. The average molecular weight is 295 g/mol. The molecule has 6 nitrogen and oxygen atoms in total. The van der Waals surface area contributed by atoms with Crippen molar-refractivity contribution in [3.63, 3.8) is 0 Å². The maximum Gasteiger partial charge on any atom is 0.242 e. The van der Waals surface area contributed by atoms with Gasteiger partial charge < -0.3 is 15.5 Å². The molecule has 20 heavy (non-hydrogen) atoms. The molecule has 108 valence electrons. The van der Waals surface area contributed by atoms with E-state index in [0.29, 0.717) is 17.9 Å². The predicted octanol–water partition coefficient (Wildman–Crippen LogP) is 1.72. The summed E-state index contributed by atoms with van der Waals surface area (Å²) in [4.78, 5) is 0.175. The van der Waals surface area contributed by atoms with Crippen molar-refractivity contribution in [2.75, 3.05) is 25.1 Å². The van der Waals surface area contributed by atoms with Crippen LogP contribution in [0, 0.1) is 0 Å². The molecule has 1 aromatic heterocycles. The molecule has 2 aromatic rings. The molecular formula is C13H17N3O3S. The Kier molecular flexibility index (Phi) is 4.01. The first-order valence-corrected chi connectivity index (χ1v) is 7.42. The van der Waals surface area contributed by atoms with Gasteiger partial charge >= 0.3 is 0 Å². The molecule has 0 unspecified atom stereocenters. The molecule has 0 spiro atoms. The van der Waals surface area contributed by atoms with E-state index < -0.39 is 10.0 Å². The van der Waals surface area contributed by atoms with Gasteiger partial charge in [-0.3, -0.25) is 0 Å². The molecule has 3 N–H and O–H groups in total. The summed E-state index contributed by atoms with van der Waals surface area (Å²) in [6.07, 6.45) is 3.22. The van der Waals surface area contributed by atoms with E-state index in [2.05, 4.69) is 5.32 Å². The Morgan fingerprint density at radius 1 is 1.30 bits per heavy atom. The molecule has 0 aliphatic rings. The lowest BCUT2D eigenvalue weighted by Gasteiger charge is -2.14. The summed E-state index contributed by atoms with van der Waals surface area (Å²) in [5, 5.41) is 3.13. The van der Waals surface area contributed by atoms with E-state index in [1.54, 1.807) is 18.6 Å². The van der Waals surface area contributed by atoms with E-state index in [1.807, 2.05) is 6.07 Å². The third kappa shape index (κ3) is 2.94. The number of furan rings is 1. The second kappa shape index (κ2) is 5.56. The SMILES string of the molecule is CN(C)S(=O)(=O)c1ccc(NCc2ccoc2)c(N)c1. The van der Waals surface area contributed by atoms with Crippen LogP contribution in [0.15, 0.2) is 46.1 Å². The Balaban J connectivity index is 2.18. The van der Waals surface area contributed by atoms with Gasteiger partial charge in [0.2, 0.25) is 10.0 Å². The number of hydrogen-bond donors (Lipinski definition) is 2. The van der Waals surface area contributed by atoms with Gasteiger partial charge in [0.05, 0.1) is 28.8 Å². The van der Waals surface area contributed by atoms with Crippen molar-refractivity contribution >= 4 is 21.4 Å². The van der Waals surface area contributed by atoms with Crippen molar-refractivity contribution in [1.29, 1.82) is 0 Å². The first-order chi connectivity index (χ1) is 9.41. The Morgan fingerprint density at radius 2 is 2.05 bits per heavy atom. The zero-order chi connectivity index (χ0) is 14.8. The molecular weight excluding hydrogens is 278 g/mol. The minimum Gasteiger partial charge on any atom is -0.472 e. The highest BCUT2D eigenvalue weighted by molar-refractivity contribution is 7.89. The van der Waals surface area contributed by atoms with Gasteiger partial charge in [-0.1, -0.05) is 0 Å². The Bertz CT molecular complexity index is 679. The Morgan fingerprint density at radius 3 is 2.60 bits per heavy atom. The third-order valence-corrected chi connectivity index (χ3v) is 4.68. The fourth-order valence-corrected chi connectivity index (χ4v) is 2.60. The van der Waals surface area contributed by atoms with E-state index in [9.17, 15) is 8.42 Å². The molecule has 1 heterocycles. The van der Waals surface area contributed by atoms with E-state index in [4.69, 9.17) is 10.2 Å². The van der Waals surface area contributed by atoms with Crippen molar-refractivity contribution in [2.24, 2.45) is 0 Å². The lowest BCUT2D eigenvalue weighted by Crippen LogP contribution is -2.22. The summed E-state index contributed by atoms with van der Waals surface area (Å²) in [5.74, 6) is 0. The van der Waals surface area contributed by atoms with E-state index in [-0.39, 0.29) is 4.90 Å². The summed E-state index contributed by atoms with van der Waals surface area (Å²) < 4.78 is 30.1. The van der Waals surface area contributed by atoms with Crippen LogP contribution in [-0.4, -0.2) is 26.8 Å². The smallest absolute Gasteiger partial charge is 0.242 e. The number of nitrogens with two attached hydrogens (primary N) is 1. The first-order valence-electron chi connectivity index (χ1n) is 5.98. The summed E-state index contributed by atoms with van der Waals surface area (Å²) in [7, 11) is -0.498. The van der Waals surface area contributed by atoms with Crippen LogP contribution in [0.5, 0.6) is 0 Å². The van der Waals surface area contributed by atoms with Crippen molar-refractivity contribution in [2.45, 2.75) is 11.4 Å². The quantitative estimate of drug-likeness (QED) is 0.820. The van der Waals surface area contributed by atoms with Gasteiger partial charge in [0.1, 0.15) is 0 Å². The minimum absolute atomic E-state index is 0.175. The van der Waals surface area contributed by atoms with Crippen LogP contribution in [0.1, 0.15) is 5.56 Å².